The maximum Gasteiger partial charge on any atom is 0.399 e. The van der Waals surface area contributed by atoms with Gasteiger partial charge in [0.05, 0.1) is 35.9 Å². The molecule has 7 nitrogen and oxygen atoms in total. The predicted molar refractivity (Wildman–Crippen MR) is 159 cm³/mol. The van der Waals surface area contributed by atoms with E-state index in [4.69, 9.17) is 5.10 Å². The number of Topliss-reactive ketones (excluding diaryl/α,β-unsaturated/α-hetero) is 1. The minimum Gasteiger partial charge on any atom is -0.381 e. The molecule has 1 aliphatic heterocycles. The highest BCUT2D eigenvalue weighted by molar-refractivity contribution is 5.92. The minimum absolute atomic E-state index is 0.0467. The van der Waals surface area contributed by atoms with E-state index in [1.54, 1.807) is 4.68 Å². The third-order valence-corrected chi connectivity index (χ3v) is 9.47. The van der Waals surface area contributed by atoms with Gasteiger partial charge in [-0.1, -0.05) is 60.7 Å². The smallest absolute Gasteiger partial charge is 0.381 e. The summed E-state index contributed by atoms with van der Waals surface area (Å²) in [6.07, 6.45) is 1.86. The lowest BCUT2D eigenvalue weighted by atomic mass is 9.71. The molecule has 44 heavy (non-hydrogen) atoms. The fraction of sp³-hybridized carbons (Fsp3) is 0.412. The zero-order valence-electron chi connectivity index (χ0n) is 24.4. The number of nitrogens with zero attached hydrogens (tertiary/aromatic N) is 5. The summed E-state index contributed by atoms with van der Waals surface area (Å²) in [6, 6.07) is 18.4. The first kappa shape index (κ1) is 28.7. The van der Waals surface area contributed by atoms with Crippen LogP contribution in [0.5, 0.6) is 0 Å². The number of anilines is 1. The lowest BCUT2D eigenvalue weighted by Crippen LogP contribution is -2.52. The molecule has 0 radical (unpaired) electrons. The van der Waals surface area contributed by atoms with E-state index in [1.807, 2.05) is 73.1 Å². The van der Waals surface area contributed by atoms with Crippen molar-refractivity contribution in [2.24, 2.45) is 0 Å². The average molecular weight is 602 g/mol. The minimum atomic E-state index is -4.85. The SMILES string of the molecule is CC1(O)C(=O)Cc2c(c(C3CCN(c4cnc(C5CC5)nc4)CC3)nn2C(c2ccccc2)c2ccccc2)C1C(F)(F)F. The van der Waals surface area contributed by atoms with Crippen LogP contribution in [0.2, 0.25) is 0 Å². The van der Waals surface area contributed by atoms with Gasteiger partial charge in [0.15, 0.2) is 5.78 Å². The number of halogens is 3. The number of hydrogen-bond acceptors (Lipinski definition) is 6. The summed E-state index contributed by atoms with van der Waals surface area (Å²) < 4.78 is 46.3. The van der Waals surface area contributed by atoms with Crippen molar-refractivity contribution in [2.45, 2.75) is 74.6 Å². The largest absolute Gasteiger partial charge is 0.399 e. The highest BCUT2D eigenvalue weighted by Crippen LogP contribution is 2.51. The van der Waals surface area contributed by atoms with Crippen molar-refractivity contribution in [3.8, 4) is 0 Å². The molecule has 2 atom stereocenters. The van der Waals surface area contributed by atoms with Gasteiger partial charge in [0.2, 0.25) is 0 Å². The van der Waals surface area contributed by atoms with Crippen molar-refractivity contribution in [1.82, 2.24) is 19.7 Å². The first-order valence-corrected chi connectivity index (χ1v) is 15.2. The first-order chi connectivity index (χ1) is 21.1. The van der Waals surface area contributed by atoms with Crippen LogP contribution in [-0.4, -0.2) is 55.5 Å². The molecule has 0 amide bonds. The van der Waals surface area contributed by atoms with Gasteiger partial charge < -0.3 is 10.0 Å². The Balaban J connectivity index is 1.31. The van der Waals surface area contributed by atoms with E-state index in [9.17, 15) is 23.1 Å². The third kappa shape index (κ3) is 5.08. The second kappa shape index (κ2) is 10.8. The van der Waals surface area contributed by atoms with Crippen LogP contribution in [0, 0.1) is 0 Å². The van der Waals surface area contributed by atoms with E-state index in [-0.39, 0.29) is 23.6 Å². The molecular formula is C34H34F3N5O2. The Kier molecular flexibility index (Phi) is 7.07. The Labute approximate surface area is 253 Å². The number of alkyl halides is 3. The molecule has 3 aliphatic rings. The average Bonchev–Trinajstić information content (AvgIpc) is 3.81. The van der Waals surface area contributed by atoms with E-state index >= 15 is 0 Å². The highest BCUT2D eigenvalue weighted by Gasteiger charge is 2.60. The van der Waals surface area contributed by atoms with Crippen molar-refractivity contribution in [2.75, 3.05) is 18.0 Å². The van der Waals surface area contributed by atoms with Gasteiger partial charge in [-0.05, 0) is 43.7 Å². The fourth-order valence-corrected chi connectivity index (χ4v) is 6.97. The van der Waals surface area contributed by atoms with E-state index in [1.165, 1.54) is 0 Å². The van der Waals surface area contributed by atoms with Gasteiger partial charge in [0.1, 0.15) is 23.4 Å². The molecule has 0 spiro atoms. The number of benzene rings is 2. The second-order valence-electron chi connectivity index (χ2n) is 12.5. The van der Waals surface area contributed by atoms with E-state index in [0.717, 1.165) is 42.4 Å². The van der Waals surface area contributed by atoms with E-state index in [0.29, 0.717) is 37.5 Å². The monoisotopic (exact) mass is 601 g/mol. The van der Waals surface area contributed by atoms with Crippen molar-refractivity contribution < 1.29 is 23.1 Å². The second-order valence-corrected chi connectivity index (χ2v) is 12.5. The summed E-state index contributed by atoms with van der Waals surface area (Å²) in [5.74, 6) is -2.19. The summed E-state index contributed by atoms with van der Waals surface area (Å²) in [7, 11) is 0. The molecule has 2 aliphatic carbocycles. The summed E-state index contributed by atoms with van der Waals surface area (Å²) in [6.45, 7) is 2.20. The number of ketones is 1. The molecule has 1 saturated heterocycles. The normalized spacial score (nSPS) is 22.8. The molecule has 2 fully saturated rings. The Morgan fingerprint density at radius 1 is 0.886 bits per heavy atom. The van der Waals surface area contributed by atoms with Gasteiger partial charge >= 0.3 is 6.18 Å². The first-order valence-electron chi connectivity index (χ1n) is 15.2. The number of aromatic nitrogens is 4. The van der Waals surface area contributed by atoms with Crippen molar-refractivity contribution in [3.63, 3.8) is 0 Å². The zero-order valence-corrected chi connectivity index (χ0v) is 24.4. The maximum atomic E-state index is 14.9. The Morgan fingerprint density at radius 2 is 1.45 bits per heavy atom. The lowest BCUT2D eigenvalue weighted by Gasteiger charge is -2.39. The van der Waals surface area contributed by atoms with Gasteiger partial charge in [-0.2, -0.15) is 18.3 Å². The molecule has 7 rings (SSSR count). The van der Waals surface area contributed by atoms with Gasteiger partial charge in [-0.15, -0.1) is 0 Å². The number of carbonyl (C=O) groups is 1. The van der Waals surface area contributed by atoms with Crippen LogP contribution in [0.1, 0.15) is 90.3 Å². The molecular weight excluding hydrogens is 567 g/mol. The highest BCUT2D eigenvalue weighted by atomic mass is 19.4. The molecule has 2 aromatic carbocycles. The van der Waals surface area contributed by atoms with Crippen LogP contribution in [0.15, 0.2) is 73.1 Å². The predicted octanol–water partition coefficient (Wildman–Crippen LogP) is 6.09. The van der Waals surface area contributed by atoms with Crippen molar-refractivity contribution in [1.29, 1.82) is 0 Å². The topological polar surface area (TPSA) is 84.1 Å². The van der Waals surface area contributed by atoms with Gasteiger partial charge in [0.25, 0.3) is 0 Å². The van der Waals surface area contributed by atoms with Crippen LogP contribution >= 0.6 is 0 Å². The number of rotatable bonds is 6. The fourth-order valence-electron chi connectivity index (χ4n) is 6.97. The molecule has 0 bridgehead atoms. The standard InChI is InChI=1S/C34H34F3N5O2/c1-33(44)27(43)18-26-28(31(33)34(35,36)37)29(21-14-16-41(17-15-21)25-19-38-32(39-20-25)24-12-13-24)40-42(26)30(22-8-4-2-5-9-22)23-10-6-3-7-11-23/h2-11,19-21,24,30-31,44H,12-18H2,1H3. The van der Waals surface area contributed by atoms with Crippen LogP contribution in [0.3, 0.4) is 0 Å². The van der Waals surface area contributed by atoms with E-state index < -0.39 is 29.5 Å². The third-order valence-electron chi connectivity index (χ3n) is 9.47. The maximum absolute atomic E-state index is 14.9. The number of hydrogen-bond donors (Lipinski definition) is 1. The van der Waals surface area contributed by atoms with Crippen molar-refractivity contribution >= 4 is 11.5 Å². The summed E-state index contributed by atoms with van der Waals surface area (Å²) in [4.78, 5) is 24.5. The molecule has 2 aromatic heterocycles. The molecule has 10 heteroatoms. The molecule has 228 valence electrons. The van der Waals surface area contributed by atoms with Crippen LogP contribution in [0.25, 0.3) is 0 Å². The van der Waals surface area contributed by atoms with Gasteiger partial charge in [-0.25, -0.2) is 9.97 Å². The Morgan fingerprint density at radius 3 is 1.98 bits per heavy atom. The molecule has 4 aromatic rings. The van der Waals surface area contributed by atoms with Gasteiger partial charge in [-0.3, -0.25) is 9.48 Å². The van der Waals surface area contributed by atoms with Crippen LogP contribution in [-0.2, 0) is 11.2 Å². The molecule has 1 N–H and O–H groups in total. The summed E-state index contributed by atoms with van der Waals surface area (Å²) in [5, 5.41) is 16.1. The quantitative estimate of drug-likeness (QED) is 0.288. The van der Waals surface area contributed by atoms with Gasteiger partial charge in [0, 0.05) is 30.5 Å². The molecule has 3 heterocycles. The molecule has 1 saturated carbocycles. The van der Waals surface area contributed by atoms with Crippen molar-refractivity contribution in [3.05, 3.63) is 107 Å². The number of aliphatic hydroxyl groups is 1. The Hall–Kier alpha value is -4.05. The molecule has 2 unspecified atom stereocenters. The summed E-state index contributed by atoms with van der Waals surface area (Å²) >= 11 is 0. The number of fused-ring (bicyclic) bond motifs is 1. The number of carbonyl (C=O) groups excluding carboxylic acids is 1. The number of piperidine rings is 1. The van der Waals surface area contributed by atoms with Crippen LogP contribution < -0.4 is 4.90 Å². The lowest BCUT2D eigenvalue weighted by molar-refractivity contribution is -0.198. The van der Waals surface area contributed by atoms with E-state index in [2.05, 4.69) is 14.9 Å². The Bertz CT molecular complexity index is 1600. The van der Waals surface area contributed by atoms with Crippen LogP contribution in [0.4, 0.5) is 18.9 Å². The summed E-state index contributed by atoms with van der Waals surface area (Å²) in [5.41, 5.74) is 0.492. The zero-order chi connectivity index (χ0) is 30.6.